The van der Waals surface area contributed by atoms with Gasteiger partial charge in [-0.25, -0.2) is 4.79 Å². The highest BCUT2D eigenvalue weighted by atomic mass is 16.2. The molecule has 0 aromatic heterocycles. The van der Waals surface area contributed by atoms with Crippen LogP contribution in [0.5, 0.6) is 0 Å². The molecule has 0 bridgehead atoms. The average Bonchev–Trinajstić information content (AvgIpc) is 2.54. The molecule has 84 valence electrons. The molecule has 1 atom stereocenters. The zero-order valence-electron chi connectivity index (χ0n) is 9.13. The first kappa shape index (κ1) is 10.5. The Morgan fingerprint density at radius 3 is 2.62 bits per heavy atom. The molecule has 16 heavy (non-hydrogen) atoms. The van der Waals surface area contributed by atoms with Crippen LogP contribution in [-0.4, -0.2) is 19.0 Å². The molecule has 0 saturated carbocycles. The first-order chi connectivity index (χ1) is 7.56. The van der Waals surface area contributed by atoms with E-state index in [2.05, 4.69) is 16.0 Å². The van der Waals surface area contributed by atoms with Crippen LogP contribution in [-0.2, 0) is 10.3 Å². The minimum absolute atomic E-state index is 0.328. The molecule has 5 heteroatoms. The van der Waals surface area contributed by atoms with Crippen molar-refractivity contribution in [3.8, 4) is 0 Å². The number of amides is 3. The number of imide groups is 1. The third-order valence-corrected chi connectivity index (χ3v) is 2.77. The number of anilines is 1. The summed E-state index contributed by atoms with van der Waals surface area (Å²) in [6.45, 7) is 1.68. The van der Waals surface area contributed by atoms with Crippen LogP contribution in [0.1, 0.15) is 12.5 Å². The number of hydrogen-bond donors (Lipinski definition) is 3. The summed E-state index contributed by atoms with van der Waals surface area (Å²) in [7, 11) is 1.80. The summed E-state index contributed by atoms with van der Waals surface area (Å²) in [6, 6.07) is 6.92. The van der Waals surface area contributed by atoms with Crippen LogP contribution < -0.4 is 16.0 Å². The van der Waals surface area contributed by atoms with E-state index in [0.717, 1.165) is 11.3 Å². The third-order valence-electron chi connectivity index (χ3n) is 2.77. The van der Waals surface area contributed by atoms with Gasteiger partial charge in [0.1, 0.15) is 5.54 Å². The molecule has 0 spiro atoms. The SMILES string of the molecule is CNc1cccc(C2(C)NC(=O)NC2=O)c1. The quantitative estimate of drug-likeness (QED) is 0.644. The number of carbonyl (C=O) groups excluding carboxylic acids is 2. The number of hydrogen-bond acceptors (Lipinski definition) is 3. The van der Waals surface area contributed by atoms with Crippen molar-refractivity contribution >= 4 is 17.6 Å². The Morgan fingerprint density at radius 2 is 2.06 bits per heavy atom. The highest BCUT2D eigenvalue weighted by molar-refractivity contribution is 6.07. The van der Waals surface area contributed by atoms with E-state index in [-0.39, 0.29) is 5.91 Å². The van der Waals surface area contributed by atoms with Crippen molar-refractivity contribution in [3.05, 3.63) is 29.8 Å². The number of rotatable bonds is 2. The number of nitrogens with one attached hydrogen (secondary N) is 3. The Hall–Kier alpha value is -2.04. The Kier molecular flexibility index (Phi) is 2.30. The van der Waals surface area contributed by atoms with E-state index in [0.29, 0.717) is 0 Å². The maximum Gasteiger partial charge on any atom is 0.322 e. The Labute approximate surface area is 93.2 Å². The minimum atomic E-state index is -0.982. The topological polar surface area (TPSA) is 70.2 Å². The third kappa shape index (κ3) is 1.50. The van der Waals surface area contributed by atoms with Crippen LogP contribution in [0.3, 0.4) is 0 Å². The molecule has 3 N–H and O–H groups in total. The van der Waals surface area contributed by atoms with E-state index in [4.69, 9.17) is 0 Å². The molecule has 0 radical (unpaired) electrons. The fraction of sp³-hybridized carbons (Fsp3) is 0.273. The normalized spacial score (nSPS) is 23.9. The van der Waals surface area contributed by atoms with E-state index in [1.54, 1.807) is 14.0 Å². The summed E-state index contributed by atoms with van der Waals surface area (Å²) in [5, 5.41) is 7.84. The predicted octanol–water partition coefficient (Wildman–Crippen LogP) is 0.783. The van der Waals surface area contributed by atoms with E-state index >= 15 is 0 Å². The van der Waals surface area contributed by atoms with E-state index in [1.165, 1.54) is 0 Å². The molecule has 1 aromatic rings. The first-order valence-corrected chi connectivity index (χ1v) is 4.98. The molecule has 1 heterocycles. The Bertz CT molecular complexity index is 458. The van der Waals surface area contributed by atoms with Crippen molar-refractivity contribution < 1.29 is 9.59 Å². The van der Waals surface area contributed by atoms with Crippen LogP contribution in [0, 0.1) is 0 Å². The number of carbonyl (C=O) groups is 2. The maximum atomic E-state index is 11.7. The fourth-order valence-corrected chi connectivity index (χ4v) is 1.73. The molecule has 1 aromatic carbocycles. The lowest BCUT2D eigenvalue weighted by Crippen LogP contribution is -2.40. The fourth-order valence-electron chi connectivity index (χ4n) is 1.73. The van der Waals surface area contributed by atoms with Gasteiger partial charge in [-0.3, -0.25) is 10.1 Å². The summed E-state index contributed by atoms with van der Waals surface area (Å²) in [6.07, 6.45) is 0. The van der Waals surface area contributed by atoms with Crippen molar-refractivity contribution in [2.75, 3.05) is 12.4 Å². The lowest BCUT2D eigenvalue weighted by Gasteiger charge is -2.21. The second-order valence-electron chi connectivity index (χ2n) is 3.86. The van der Waals surface area contributed by atoms with Crippen LogP contribution in [0.25, 0.3) is 0 Å². The molecule has 0 aliphatic carbocycles. The molecule has 1 saturated heterocycles. The summed E-state index contributed by atoms with van der Waals surface area (Å²) < 4.78 is 0. The van der Waals surface area contributed by atoms with E-state index in [9.17, 15) is 9.59 Å². The summed E-state index contributed by atoms with van der Waals surface area (Å²) >= 11 is 0. The predicted molar refractivity (Wildman–Crippen MR) is 60.0 cm³/mol. The van der Waals surface area contributed by atoms with Gasteiger partial charge < -0.3 is 10.6 Å². The van der Waals surface area contributed by atoms with Crippen molar-refractivity contribution in [1.82, 2.24) is 10.6 Å². The van der Waals surface area contributed by atoms with Crippen molar-refractivity contribution in [2.24, 2.45) is 0 Å². The Balaban J connectivity index is 2.43. The molecule has 3 amide bonds. The second-order valence-corrected chi connectivity index (χ2v) is 3.86. The summed E-state index contributed by atoms with van der Waals surface area (Å²) in [5.74, 6) is -0.328. The molecule has 1 aliphatic heterocycles. The van der Waals surface area contributed by atoms with Gasteiger partial charge in [0.05, 0.1) is 0 Å². The zero-order valence-corrected chi connectivity index (χ0v) is 9.13. The van der Waals surface area contributed by atoms with Crippen LogP contribution in [0.2, 0.25) is 0 Å². The van der Waals surface area contributed by atoms with Crippen LogP contribution in [0.4, 0.5) is 10.5 Å². The van der Waals surface area contributed by atoms with E-state index < -0.39 is 11.6 Å². The van der Waals surface area contributed by atoms with Crippen molar-refractivity contribution in [1.29, 1.82) is 0 Å². The monoisotopic (exact) mass is 219 g/mol. The van der Waals surface area contributed by atoms with Gasteiger partial charge in [-0.1, -0.05) is 12.1 Å². The standard InChI is InChI=1S/C11H13N3O2/c1-11(9(15)13-10(16)14-11)7-4-3-5-8(6-7)12-2/h3-6,12H,1-2H3,(H2,13,14,15,16). The average molecular weight is 219 g/mol. The van der Waals surface area contributed by atoms with Gasteiger partial charge in [-0.15, -0.1) is 0 Å². The molecular formula is C11H13N3O2. The molecule has 1 unspecified atom stereocenters. The van der Waals surface area contributed by atoms with Gasteiger partial charge in [0.25, 0.3) is 5.91 Å². The molecule has 2 rings (SSSR count). The van der Waals surface area contributed by atoms with E-state index in [1.807, 2.05) is 24.3 Å². The largest absolute Gasteiger partial charge is 0.388 e. The zero-order chi connectivity index (χ0) is 11.8. The van der Waals surface area contributed by atoms with Crippen molar-refractivity contribution in [3.63, 3.8) is 0 Å². The first-order valence-electron chi connectivity index (χ1n) is 4.98. The maximum absolute atomic E-state index is 11.7. The minimum Gasteiger partial charge on any atom is -0.388 e. The van der Waals surface area contributed by atoms with Gasteiger partial charge in [0.15, 0.2) is 0 Å². The smallest absolute Gasteiger partial charge is 0.322 e. The number of urea groups is 1. The summed E-state index contributed by atoms with van der Waals surface area (Å²) in [5.41, 5.74) is 0.666. The highest BCUT2D eigenvalue weighted by Crippen LogP contribution is 2.26. The summed E-state index contributed by atoms with van der Waals surface area (Å²) in [4.78, 5) is 22.8. The van der Waals surface area contributed by atoms with Gasteiger partial charge in [0.2, 0.25) is 0 Å². The lowest BCUT2D eigenvalue weighted by atomic mass is 9.92. The van der Waals surface area contributed by atoms with Gasteiger partial charge in [-0.2, -0.15) is 0 Å². The Morgan fingerprint density at radius 1 is 1.31 bits per heavy atom. The van der Waals surface area contributed by atoms with Crippen LogP contribution in [0.15, 0.2) is 24.3 Å². The van der Waals surface area contributed by atoms with Gasteiger partial charge in [-0.05, 0) is 24.6 Å². The van der Waals surface area contributed by atoms with Crippen molar-refractivity contribution in [2.45, 2.75) is 12.5 Å². The van der Waals surface area contributed by atoms with Gasteiger partial charge in [0, 0.05) is 12.7 Å². The molecule has 1 fully saturated rings. The molecule has 5 nitrogen and oxygen atoms in total. The highest BCUT2D eigenvalue weighted by Gasteiger charge is 2.43. The number of benzene rings is 1. The second kappa shape index (κ2) is 3.52. The van der Waals surface area contributed by atoms with Crippen LogP contribution >= 0.6 is 0 Å². The molecular weight excluding hydrogens is 206 g/mol. The van der Waals surface area contributed by atoms with Gasteiger partial charge >= 0.3 is 6.03 Å². The molecule has 1 aliphatic rings. The lowest BCUT2D eigenvalue weighted by molar-refractivity contribution is -0.123.